The number of aryl methyl sites for hydroxylation is 1. The van der Waals surface area contributed by atoms with E-state index in [9.17, 15) is 4.79 Å². The lowest BCUT2D eigenvalue weighted by Crippen LogP contribution is -2.11. The molecule has 0 amide bonds. The van der Waals surface area contributed by atoms with Crippen molar-refractivity contribution in [2.75, 3.05) is 13.7 Å². The van der Waals surface area contributed by atoms with E-state index in [1.807, 2.05) is 18.5 Å². The molecule has 16 heavy (non-hydrogen) atoms. The predicted octanol–water partition coefficient (Wildman–Crippen LogP) is 2.30. The molecule has 1 unspecified atom stereocenters. The van der Waals surface area contributed by atoms with Crippen molar-refractivity contribution in [1.82, 2.24) is 9.78 Å². The number of ketones is 1. The van der Waals surface area contributed by atoms with Gasteiger partial charge in [-0.05, 0) is 34.1 Å². The highest BCUT2D eigenvalue weighted by Gasteiger charge is 2.17. The van der Waals surface area contributed by atoms with Crippen LogP contribution in [0.15, 0.2) is 0 Å². The molecule has 0 aliphatic carbocycles. The van der Waals surface area contributed by atoms with E-state index in [-0.39, 0.29) is 11.8 Å². The molecular formula is C12H20N2O2. The Morgan fingerprint density at radius 2 is 2.12 bits per heavy atom. The van der Waals surface area contributed by atoms with Crippen LogP contribution < -0.4 is 0 Å². The van der Waals surface area contributed by atoms with Crippen molar-refractivity contribution in [2.45, 2.75) is 40.2 Å². The number of rotatable bonds is 5. The Labute approximate surface area is 96.6 Å². The van der Waals surface area contributed by atoms with Crippen LogP contribution in [0, 0.1) is 13.8 Å². The molecule has 4 nitrogen and oxygen atoms in total. The molecule has 0 saturated heterocycles. The third-order valence-electron chi connectivity index (χ3n) is 2.83. The Bertz CT molecular complexity index is 383. The van der Waals surface area contributed by atoms with Gasteiger partial charge in [-0.3, -0.25) is 9.48 Å². The van der Waals surface area contributed by atoms with Crippen LogP contribution in [0.4, 0.5) is 0 Å². The summed E-state index contributed by atoms with van der Waals surface area (Å²) in [5.74, 6) is 0.0835. The largest absolute Gasteiger partial charge is 0.385 e. The summed E-state index contributed by atoms with van der Waals surface area (Å²) in [5, 5.41) is 4.42. The van der Waals surface area contributed by atoms with Crippen LogP contribution in [-0.4, -0.2) is 29.3 Å². The minimum absolute atomic E-state index is 0.0835. The molecule has 0 bridgehead atoms. The van der Waals surface area contributed by atoms with Gasteiger partial charge in [0.25, 0.3) is 0 Å². The van der Waals surface area contributed by atoms with E-state index >= 15 is 0 Å². The van der Waals surface area contributed by atoms with Crippen LogP contribution in [-0.2, 0) is 4.74 Å². The Morgan fingerprint density at radius 3 is 2.56 bits per heavy atom. The first kappa shape index (κ1) is 12.9. The average molecular weight is 224 g/mol. The summed E-state index contributed by atoms with van der Waals surface area (Å²) in [6.07, 6.45) is 0.899. The van der Waals surface area contributed by atoms with Crippen LogP contribution in [0.2, 0.25) is 0 Å². The zero-order valence-electron chi connectivity index (χ0n) is 10.7. The number of carbonyl (C=O) groups is 1. The first-order valence-corrected chi connectivity index (χ1v) is 5.54. The van der Waals surface area contributed by atoms with Gasteiger partial charge in [0.1, 0.15) is 0 Å². The summed E-state index contributed by atoms with van der Waals surface area (Å²) < 4.78 is 6.97. The monoisotopic (exact) mass is 224 g/mol. The lowest BCUT2D eigenvalue weighted by atomic mass is 10.1. The molecule has 0 saturated carbocycles. The Balaban J connectivity index is 2.98. The number of ether oxygens (including phenoxy) is 1. The molecule has 0 radical (unpaired) electrons. The molecule has 1 aromatic rings. The summed E-state index contributed by atoms with van der Waals surface area (Å²) in [6.45, 7) is 8.20. The van der Waals surface area contributed by atoms with Crippen LogP contribution in [0.1, 0.15) is 48.1 Å². The maximum Gasteiger partial charge on any atom is 0.163 e. The first-order valence-electron chi connectivity index (χ1n) is 5.54. The Hall–Kier alpha value is -1.16. The molecule has 0 aliphatic heterocycles. The third-order valence-corrected chi connectivity index (χ3v) is 2.83. The molecule has 0 fully saturated rings. The summed E-state index contributed by atoms with van der Waals surface area (Å²) in [6, 6.07) is 0.256. The van der Waals surface area contributed by atoms with E-state index < -0.39 is 0 Å². The van der Waals surface area contributed by atoms with Crippen LogP contribution >= 0.6 is 0 Å². The molecule has 0 aromatic carbocycles. The van der Waals surface area contributed by atoms with Crippen molar-refractivity contribution in [3.05, 3.63) is 17.0 Å². The zero-order valence-corrected chi connectivity index (χ0v) is 10.7. The number of hydrogen-bond donors (Lipinski definition) is 0. The van der Waals surface area contributed by atoms with E-state index in [1.54, 1.807) is 14.0 Å². The second-order valence-electron chi connectivity index (χ2n) is 4.18. The molecule has 1 heterocycles. The molecule has 4 heteroatoms. The van der Waals surface area contributed by atoms with E-state index in [0.717, 1.165) is 23.4 Å². The fraction of sp³-hybridized carbons (Fsp3) is 0.667. The second kappa shape index (κ2) is 5.25. The van der Waals surface area contributed by atoms with Gasteiger partial charge in [0.15, 0.2) is 5.78 Å². The minimum atomic E-state index is 0.0835. The SMILES string of the molecule is COCCC(C)n1nc(C)c(C(C)=O)c1C. The van der Waals surface area contributed by atoms with Gasteiger partial charge in [-0.15, -0.1) is 0 Å². The molecule has 1 aromatic heterocycles. The van der Waals surface area contributed by atoms with Crippen molar-refractivity contribution in [2.24, 2.45) is 0 Å². The Morgan fingerprint density at radius 1 is 1.50 bits per heavy atom. The van der Waals surface area contributed by atoms with Crippen LogP contribution in [0.25, 0.3) is 0 Å². The summed E-state index contributed by atoms with van der Waals surface area (Å²) >= 11 is 0. The van der Waals surface area contributed by atoms with Crippen LogP contribution in [0.3, 0.4) is 0 Å². The lowest BCUT2D eigenvalue weighted by molar-refractivity contribution is 0.101. The molecule has 1 atom stereocenters. The van der Waals surface area contributed by atoms with Gasteiger partial charge in [-0.25, -0.2) is 0 Å². The minimum Gasteiger partial charge on any atom is -0.385 e. The quantitative estimate of drug-likeness (QED) is 0.721. The second-order valence-corrected chi connectivity index (χ2v) is 4.18. The number of Topliss-reactive ketones (excluding diaryl/α,β-unsaturated/α-hetero) is 1. The normalized spacial score (nSPS) is 12.8. The molecule has 0 N–H and O–H groups in total. The van der Waals surface area contributed by atoms with Gasteiger partial charge >= 0.3 is 0 Å². The van der Waals surface area contributed by atoms with Gasteiger partial charge in [0.2, 0.25) is 0 Å². The number of hydrogen-bond acceptors (Lipinski definition) is 3. The highest BCUT2D eigenvalue weighted by atomic mass is 16.5. The highest BCUT2D eigenvalue weighted by Crippen LogP contribution is 2.19. The zero-order chi connectivity index (χ0) is 12.3. The average Bonchev–Trinajstić information content (AvgIpc) is 2.50. The van der Waals surface area contributed by atoms with Crippen molar-refractivity contribution < 1.29 is 9.53 Å². The van der Waals surface area contributed by atoms with E-state index in [0.29, 0.717) is 6.61 Å². The molecule has 0 spiro atoms. The predicted molar refractivity (Wildman–Crippen MR) is 62.9 cm³/mol. The fourth-order valence-corrected chi connectivity index (χ4v) is 2.01. The van der Waals surface area contributed by atoms with E-state index in [2.05, 4.69) is 12.0 Å². The summed E-state index contributed by atoms with van der Waals surface area (Å²) in [7, 11) is 1.69. The van der Waals surface area contributed by atoms with Gasteiger partial charge in [0, 0.05) is 19.4 Å². The molecule has 1 rings (SSSR count). The summed E-state index contributed by atoms with van der Waals surface area (Å²) in [4.78, 5) is 11.5. The number of nitrogens with zero attached hydrogens (tertiary/aromatic N) is 2. The van der Waals surface area contributed by atoms with Crippen molar-refractivity contribution in [3.63, 3.8) is 0 Å². The maximum absolute atomic E-state index is 11.5. The molecule has 0 aliphatic rings. The molecular weight excluding hydrogens is 204 g/mol. The smallest absolute Gasteiger partial charge is 0.163 e. The Kier molecular flexibility index (Phi) is 4.24. The maximum atomic E-state index is 11.5. The van der Waals surface area contributed by atoms with Gasteiger partial charge in [0.05, 0.1) is 17.3 Å². The van der Waals surface area contributed by atoms with Gasteiger partial charge in [-0.2, -0.15) is 5.10 Å². The first-order chi connectivity index (χ1) is 7.49. The number of aromatic nitrogens is 2. The van der Waals surface area contributed by atoms with Crippen LogP contribution in [0.5, 0.6) is 0 Å². The van der Waals surface area contributed by atoms with E-state index in [1.165, 1.54) is 0 Å². The van der Waals surface area contributed by atoms with Crippen molar-refractivity contribution in [3.8, 4) is 0 Å². The number of carbonyl (C=O) groups excluding carboxylic acids is 1. The topological polar surface area (TPSA) is 44.1 Å². The molecule has 90 valence electrons. The van der Waals surface area contributed by atoms with Crippen molar-refractivity contribution >= 4 is 5.78 Å². The van der Waals surface area contributed by atoms with E-state index in [4.69, 9.17) is 4.74 Å². The van der Waals surface area contributed by atoms with Gasteiger partial charge < -0.3 is 4.74 Å². The summed E-state index contributed by atoms with van der Waals surface area (Å²) in [5.41, 5.74) is 2.52. The highest BCUT2D eigenvalue weighted by molar-refractivity contribution is 5.96. The number of methoxy groups -OCH3 is 1. The third kappa shape index (κ3) is 2.50. The standard InChI is InChI=1S/C12H20N2O2/c1-8(6-7-16-5)14-10(3)12(11(4)15)9(2)13-14/h8H,6-7H2,1-5H3. The fourth-order valence-electron chi connectivity index (χ4n) is 2.01. The lowest BCUT2D eigenvalue weighted by Gasteiger charge is -2.13. The van der Waals surface area contributed by atoms with Crippen molar-refractivity contribution in [1.29, 1.82) is 0 Å². The van der Waals surface area contributed by atoms with Gasteiger partial charge in [-0.1, -0.05) is 0 Å².